The minimum atomic E-state index is -0.615. The van der Waals surface area contributed by atoms with Crippen LogP contribution in [0.1, 0.15) is 25.3 Å². The van der Waals surface area contributed by atoms with Crippen molar-refractivity contribution in [1.82, 2.24) is 29.1 Å². The number of imidazole rings is 1. The van der Waals surface area contributed by atoms with Crippen molar-refractivity contribution in [3.8, 4) is 0 Å². The predicted molar refractivity (Wildman–Crippen MR) is 130 cm³/mol. The molecular weight excluding hydrogens is 494 g/mol. The Morgan fingerprint density at radius 1 is 1.11 bits per heavy atom. The molecule has 3 fully saturated rings. The summed E-state index contributed by atoms with van der Waals surface area (Å²) in [5.41, 5.74) is 11.7. The molecule has 2 saturated heterocycles. The zero-order chi connectivity index (χ0) is 25.2. The highest BCUT2D eigenvalue weighted by Gasteiger charge is 2.30. The lowest BCUT2D eigenvalue weighted by Crippen LogP contribution is -2.28. The van der Waals surface area contributed by atoms with Crippen molar-refractivity contribution >= 4 is 40.5 Å². The molecule has 0 aromatic carbocycles. The number of nitrogen functional groups attached to an aromatic ring is 2. The van der Waals surface area contributed by atoms with Gasteiger partial charge in [-0.05, 0) is 18.9 Å². The van der Waals surface area contributed by atoms with E-state index in [1.807, 2.05) is 0 Å². The van der Waals surface area contributed by atoms with Crippen molar-refractivity contribution in [2.45, 2.75) is 43.1 Å². The zero-order valence-corrected chi connectivity index (χ0v) is 20.0. The maximum absolute atomic E-state index is 11.4. The molecule has 2 aliphatic heterocycles. The average Bonchev–Trinajstić information content (AvgIpc) is 3.25. The van der Waals surface area contributed by atoms with Gasteiger partial charge < -0.3 is 41.2 Å². The topological polar surface area (TPSA) is 211 Å². The van der Waals surface area contributed by atoms with E-state index < -0.39 is 12.0 Å². The summed E-state index contributed by atoms with van der Waals surface area (Å²) >= 11 is 1.47. The van der Waals surface area contributed by atoms with Gasteiger partial charge in [0.1, 0.15) is 17.5 Å². The molecule has 1 saturated carbocycles. The number of fused-ring (bicyclic) bond motifs is 1. The zero-order valence-electron chi connectivity index (χ0n) is 19.1. The van der Waals surface area contributed by atoms with Gasteiger partial charge >= 0.3 is 5.69 Å². The van der Waals surface area contributed by atoms with E-state index in [-0.39, 0.29) is 42.9 Å². The van der Waals surface area contributed by atoms with Crippen LogP contribution < -0.4 is 22.5 Å². The number of anilines is 3. The molecule has 3 aromatic rings. The van der Waals surface area contributed by atoms with Crippen LogP contribution in [-0.4, -0.2) is 82.6 Å². The Hall–Kier alpha value is -3.02. The van der Waals surface area contributed by atoms with Gasteiger partial charge in [0.25, 0.3) is 0 Å². The van der Waals surface area contributed by atoms with Crippen LogP contribution in [0.2, 0.25) is 0 Å². The van der Waals surface area contributed by atoms with Crippen LogP contribution in [0, 0.1) is 0 Å². The fourth-order valence-corrected chi connectivity index (χ4v) is 4.61. The molecule has 5 heterocycles. The number of nitrogens with one attached hydrogen (secondary N) is 1. The SMILES string of the molecule is Nc1ccn([C@@H]2CS[C@H](CO)O2)c(=O)n1.Nc1nc(NC2CC2)c2ncn([C@H]3CO[C@@H](CO)O3)c2n1. The van der Waals surface area contributed by atoms with Crippen molar-refractivity contribution < 1.29 is 24.4 Å². The van der Waals surface area contributed by atoms with Gasteiger partial charge in [0, 0.05) is 18.0 Å². The number of aromatic nitrogens is 6. The van der Waals surface area contributed by atoms with Crippen molar-refractivity contribution in [3.63, 3.8) is 0 Å². The van der Waals surface area contributed by atoms with E-state index in [9.17, 15) is 4.79 Å². The van der Waals surface area contributed by atoms with Crippen LogP contribution in [0.4, 0.5) is 17.6 Å². The first-order chi connectivity index (χ1) is 17.4. The molecule has 3 aromatic heterocycles. The average molecular weight is 522 g/mol. The molecule has 1 aliphatic carbocycles. The normalized spacial score (nSPS) is 25.6. The van der Waals surface area contributed by atoms with E-state index in [0.29, 0.717) is 35.4 Å². The van der Waals surface area contributed by atoms with E-state index in [2.05, 4.69) is 25.3 Å². The summed E-state index contributed by atoms with van der Waals surface area (Å²) in [7, 11) is 0. The smallest absolute Gasteiger partial charge is 0.351 e. The summed E-state index contributed by atoms with van der Waals surface area (Å²) in [4.78, 5) is 27.9. The van der Waals surface area contributed by atoms with Gasteiger partial charge in [-0.2, -0.15) is 15.0 Å². The Balaban J connectivity index is 0.000000157. The Bertz CT molecular complexity index is 1270. The number of thioether (sulfide) groups is 1. The van der Waals surface area contributed by atoms with Gasteiger partial charge in [0.15, 0.2) is 29.5 Å². The minimum Gasteiger partial charge on any atom is -0.393 e. The molecule has 0 spiro atoms. The summed E-state index contributed by atoms with van der Waals surface area (Å²) in [5, 5.41) is 21.2. The Morgan fingerprint density at radius 3 is 2.61 bits per heavy atom. The molecule has 36 heavy (non-hydrogen) atoms. The largest absolute Gasteiger partial charge is 0.393 e. The van der Waals surface area contributed by atoms with Crippen LogP contribution in [0.5, 0.6) is 0 Å². The third kappa shape index (κ3) is 5.37. The van der Waals surface area contributed by atoms with Gasteiger partial charge in [0.05, 0.1) is 26.1 Å². The number of aliphatic hydroxyl groups excluding tert-OH is 2. The number of ether oxygens (including phenoxy) is 3. The lowest BCUT2D eigenvalue weighted by atomic mass is 10.4. The number of hydrogen-bond donors (Lipinski definition) is 5. The molecule has 0 amide bonds. The number of hydrogen-bond acceptors (Lipinski definition) is 14. The maximum Gasteiger partial charge on any atom is 0.351 e. The molecular formula is C20H27N9O6S. The molecule has 0 radical (unpaired) electrons. The van der Waals surface area contributed by atoms with Crippen molar-refractivity contribution in [2.75, 3.05) is 42.4 Å². The van der Waals surface area contributed by atoms with Crippen LogP contribution in [0.3, 0.4) is 0 Å². The van der Waals surface area contributed by atoms with Gasteiger partial charge in [0.2, 0.25) is 5.95 Å². The van der Waals surface area contributed by atoms with Crippen LogP contribution in [0.15, 0.2) is 23.4 Å². The van der Waals surface area contributed by atoms with Crippen molar-refractivity contribution in [1.29, 1.82) is 0 Å². The number of aliphatic hydroxyl groups is 2. The van der Waals surface area contributed by atoms with E-state index in [0.717, 1.165) is 12.8 Å². The predicted octanol–water partition coefficient (Wildman–Crippen LogP) is -0.747. The van der Waals surface area contributed by atoms with E-state index in [1.54, 1.807) is 23.2 Å². The molecule has 16 heteroatoms. The molecule has 7 N–H and O–H groups in total. The summed E-state index contributed by atoms with van der Waals surface area (Å²) in [5.74, 6) is 1.65. The highest BCUT2D eigenvalue weighted by molar-refractivity contribution is 8.00. The van der Waals surface area contributed by atoms with Crippen molar-refractivity contribution in [3.05, 3.63) is 29.1 Å². The first-order valence-corrected chi connectivity index (χ1v) is 12.4. The van der Waals surface area contributed by atoms with E-state index in [1.165, 1.54) is 16.3 Å². The van der Waals surface area contributed by atoms with E-state index >= 15 is 0 Å². The maximum atomic E-state index is 11.4. The molecule has 194 valence electrons. The number of nitrogens with two attached hydrogens (primary N) is 2. The van der Waals surface area contributed by atoms with Gasteiger partial charge in [-0.3, -0.25) is 9.13 Å². The number of nitrogens with zero attached hydrogens (tertiary/aromatic N) is 6. The molecule has 0 bridgehead atoms. The minimum absolute atomic E-state index is 0.0572. The highest BCUT2D eigenvalue weighted by Crippen LogP contribution is 2.31. The van der Waals surface area contributed by atoms with Crippen LogP contribution >= 0.6 is 11.8 Å². The summed E-state index contributed by atoms with van der Waals surface area (Å²) in [6, 6.07) is 1.99. The second-order valence-electron chi connectivity index (χ2n) is 8.29. The first kappa shape index (κ1) is 24.7. The highest BCUT2D eigenvalue weighted by atomic mass is 32.2. The molecule has 0 unspecified atom stereocenters. The second-order valence-corrected chi connectivity index (χ2v) is 9.48. The second kappa shape index (κ2) is 10.5. The lowest BCUT2D eigenvalue weighted by molar-refractivity contribution is -0.0980. The lowest BCUT2D eigenvalue weighted by Gasteiger charge is -2.13. The molecule has 15 nitrogen and oxygen atoms in total. The summed E-state index contributed by atoms with van der Waals surface area (Å²) < 4.78 is 19.4. The molecule has 4 atom stereocenters. The Kier molecular flexibility index (Phi) is 7.22. The van der Waals surface area contributed by atoms with Gasteiger partial charge in [-0.15, -0.1) is 11.8 Å². The summed E-state index contributed by atoms with van der Waals surface area (Å²) in [6.45, 7) is 0.0824. The Labute approximate surface area is 208 Å². The molecule has 3 aliphatic rings. The summed E-state index contributed by atoms with van der Waals surface area (Å²) in [6.07, 6.45) is 4.08. The number of rotatable bonds is 6. The van der Waals surface area contributed by atoms with Crippen molar-refractivity contribution in [2.24, 2.45) is 0 Å². The fourth-order valence-electron chi connectivity index (χ4n) is 3.68. The quantitative estimate of drug-likeness (QED) is 0.270. The van der Waals surface area contributed by atoms with E-state index in [4.69, 9.17) is 35.9 Å². The first-order valence-electron chi connectivity index (χ1n) is 11.3. The Morgan fingerprint density at radius 2 is 1.94 bits per heavy atom. The van der Waals surface area contributed by atoms with Crippen LogP contribution in [0.25, 0.3) is 11.2 Å². The third-order valence-electron chi connectivity index (χ3n) is 5.59. The monoisotopic (exact) mass is 521 g/mol. The molecule has 6 rings (SSSR count). The van der Waals surface area contributed by atoms with Gasteiger partial charge in [-0.25, -0.2) is 9.78 Å². The standard InChI is InChI=1S/C12H16N6O3.C8H11N3O3S/c13-12-16-10(15-6-1-2-6)9-11(17-12)18(5-14-9)7-4-20-8(3-19)21-7;9-5-1-2-11(8(13)10-5)6-4-15-7(3-12)14-6/h5-8,19H,1-4H2,(H3,13,15,16,17);1-2,6-7,12H,3-4H2,(H2,9,10,13)/t7-,8-;6-,7+/m10/s1. The van der Waals surface area contributed by atoms with Gasteiger partial charge in [-0.1, -0.05) is 0 Å². The fraction of sp³-hybridized carbons (Fsp3) is 0.550. The third-order valence-corrected chi connectivity index (χ3v) is 6.70. The van der Waals surface area contributed by atoms with Crippen LogP contribution in [-0.2, 0) is 14.2 Å².